The third-order valence-corrected chi connectivity index (χ3v) is 4.14. The molecule has 0 fully saturated rings. The molecule has 0 atom stereocenters. The minimum atomic E-state index is 0.405. The van der Waals surface area contributed by atoms with Crippen molar-refractivity contribution in [2.24, 2.45) is 11.1 Å². The lowest BCUT2D eigenvalue weighted by Crippen LogP contribution is -2.09. The van der Waals surface area contributed by atoms with Gasteiger partial charge < -0.3 is 9.57 Å². The van der Waals surface area contributed by atoms with Crippen molar-refractivity contribution in [2.45, 2.75) is 20.3 Å². The number of pyridine rings is 1. The van der Waals surface area contributed by atoms with E-state index in [0.29, 0.717) is 19.1 Å². The molecule has 0 aliphatic carbocycles. The highest BCUT2D eigenvalue weighted by atomic mass is 16.6. The summed E-state index contributed by atoms with van der Waals surface area (Å²) in [4.78, 5) is 9.94. The van der Waals surface area contributed by atoms with E-state index < -0.39 is 0 Å². The molecule has 1 heterocycles. The Hall–Kier alpha value is -3.14. The van der Waals surface area contributed by atoms with Gasteiger partial charge in [-0.15, -0.1) is 0 Å². The molecule has 0 unspecified atom stereocenters. The summed E-state index contributed by atoms with van der Waals surface area (Å²) in [5, 5.41) is 4.39. The molecule has 28 heavy (non-hydrogen) atoms. The molecule has 0 saturated heterocycles. The van der Waals surface area contributed by atoms with Gasteiger partial charge in [-0.2, -0.15) is 0 Å². The van der Waals surface area contributed by atoms with E-state index in [2.05, 4.69) is 48.3 Å². The van der Waals surface area contributed by atoms with Gasteiger partial charge in [0.2, 0.25) is 0 Å². The van der Waals surface area contributed by atoms with Crippen LogP contribution in [-0.2, 0) is 4.84 Å². The Labute approximate surface area is 166 Å². The fourth-order valence-electron chi connectivity index (χ4n) is 2.80. The first-order valence-corrected chi connectivity index (χ1v) is 9.61. The molecule has 3 aromatic rings. The zero-order valence-electron chi connectivity index (χ0n) is 16.4. The first-order valence-electron chi connectivity index (χ1n) is 9.61. The minimum Gasteiger partial charge on any atom is -0.490 e. The van der Waals surface area contributed by atoms with Crippen molar-refractivity contribution in [3.63, 3.8) is 0 Å². The van der Waals surface area contributed by atoms with Crippen LogP contribution in [-0.4, -0.2) is 23.9 Å². The van der Waals surface area contributed by atoms with Crippen LogP contribution in [0.2, 0.25) is 0 Å². The molecule has 0 bridgehead atoms. The second-order valence-electron chi connectivity index (χ2n) is 6.92. The molecule has 0 aliphatic rings. The van der Waals surface area contributed by atoms with Crippen molar-refractivity contribution in [3.05, 3.63) is 84.6 Å². The van der Waals surface area contributed by atoms with Crippen molar-refractivity contribution in [1.29, 1.82) is 0 Å². The highest BCUT2D eigenvalue weighted by Crippen LogP contribution is 2.19. The van der Waals surface area contributed by atoms with Gasteiger partial charge in [-0.25, -0.2) is 0 Å². The summed E-state index contributed by atoms with van der Waals surface area (Å²) in [7, 11) is 0. The number of para-hydroxylation sites is 1. The van der Waals surface area contributed by atoms with E-state index >= 15 is 0 Å². The van der Waals surface area contributed by atoms with Crippen LogP contribution in [0, 0.1) is 5.92 Å². The average molecular weight is 374 g/mol. The van der Waals surface area contributed by atoms with Gasteiger partial charge in [-0.3, -0.25) is 4.98 Å². The molecule has 0 saturated carbocycles. The fourth-order valence-corrected chi connectivity index (χ4v) is 2.80. The molecule has 0 amide bonds. The molecule has 2 aromatic carbocycles. The molecule has 4 nitrogen and oxygen atoms in total. The number of nitrogens with zero attached hydrogens (tertiary/aromatic N) is 2. The summed E-state index contributed by atoms with van der Waals surface area (Å²) in [6.07, 6.45) is 2.66. The van der Waals surface area contributed by atoms with Crippen LogP contribution < -0.4 is 4.74 Å². The number of aromatic nitrogens is 1. The molecule has 0 spiro atoms. The number of oxime groups is 1. The average Bonchev–Trinajstić information content (AvgIpc) is 2.74. The summed E-state index contributed by atoms with van der Waals surface area (Å²) < 4.78 is 5.64. The van der Waals surface area contributed by atoms with E-state index in [1.54, 1.807) is 6.20 Å². The van der Waals surface area contributed by atoms with Crippen molar-refractivity contribution in [3.8, 4) is 17.0 Å². The van der Waals surface area contributed by atoms with Crippen LogP contribution in [0.3, 0.4) is 0 Å². The van der Waals surface area contributed by atoms with E-state index in [1.165, 1.54) is 0 Å². The Morgan fingerprint density at radius 2 is 1.64 bits per heavy atom. The van der Waals surface area contributed by atoms with Gasteiger partial charge >= 0.3 is 0 Å². The van der Waals surface area contributed by atoms with Crippen LogP contribution >= 0.6 is 0 Å². The van der Waals surface area contributed by atoms with Gasteiger partial charge in [0.15, 0.2) is 6.61 Å². The number of ether oxygens (including phenoxy) is 1. The van der Waals surface area contributed by atoms with E-state index in [1.807, 2.05) is 48.5 Å². The van der Waals surface area contributed by atoms with Gasteiger partial charge in [0.25, 0.3) is 0 Å². The van der Waals surface area contributed by atoms with Gasteiger partial charge in [0.1, 0.15) is 12.4 Å². The Kier molecular flexibility index (Phi) is 7.19. The molecule has 0 radical (unpaired) electrons. The van der Waals surface area contributed by atoms with Gasteiger partial charge in [0.05, 0.1) is 11.4 Å². The summed E-state index contributed by atoms with van der Waals surface area (Å²) in [5.41, 5.74) is 4.07. The van der Waals surface area contributed by atoms with Crippen LogP contribution in [0.5, 0.6) is 5.75 Å². The smallest absolute Gasteiger partial charge is 0.151 e. The lowest BCUT2D eigenvalue weighted by atomic mass is 9.99. The zero-order chi connectivity index (χ0) is 19.6. The van der Waals surface area contributed by atoms with E-state index in [-0.39, 0.29) is 0 Å². The van der Waals surface area contributed by atoms with Crippen LogP contribution in [0.15, 0.2) is 84.1 Å². The zero-order valence-corrected chi connectivity index (χ0v) is 16.4. The highest BCUT2D eigenvalue weighted by molar-refractivity contribution is 6.00. The number of hydrogen-bond donors (Lipinski definition) is 0. The fraction of sp³-hybridized carbons (Fsp3) is 0.250. The lowest BCUT2D eigenvalue weighted by molar-refractivity contribution is 0.106. The normalized spacial score (nSPS) is 11.5. The number of rotatable bonds is 9. The van der Waals surface area contributed by atoms with Crippen LogP contribution in [0.25, 0.3) is 11.3 Å². The maximum Gasteiger partial charge on any atom is 0.151 e. The molecular weight excluding hydrogens is 348 g/mol. The maximum atomic E-state index is 5.64. The largest absolute Gasteiger partial charge is 0.490 e. The summed E-state index contributed by atoms with van der Waals surface area (Å²) in [5.74, 6) is 1.32. The molecule has 1 aromatic heterocycles. The Balaban J connectivity index is 1.61. The third-order valence-electron chi connectivity index (χ3n) is 4.14. The maximum absolute atomic E-state index is 5.64. The quantitative estimate of drug-likeness (QED) is 0.278. The van der Waals surface area contributed by atoms with Crippen molar-refractivity contribution >= 4 is 5.71 Å². The first-order chi connectivity index (χ1) is 13.7. The van der Waals surface area contributed by atoms with Crippen LogP contribution in [0.1, 0.15) is 25.8 Å². The van der Waals surface area contributed by atoms with Crippen LogP contribution in [0.4, 0.5) is 0 Å². The van der Waals surface area contributed by atoms with E-state index in [0.717, 1.165) is 34.7 Å². The monoisotopic (exact) mass is 374 g/mol. The van der Waals surface area contributed by atoms with Crippen molar-refractivity contribution in [2.75, 3.05) is 13.2 Å². The highest BCUT2D eigenvalue weighted by Gasteiger charge is 2.09. The van der Waals surface area contributed by atoms with Gasteiger partial charge in [-0.1, -0.05) is 67.5 Å². The molecular formula is C24H26N2O2. The molecule has 3 rings (SSSR count). The first kappa shape index (κ1) is 19.6. The Morgan fingerprint density at radius 1 is 0.893 bits per heavy atom. The minimum absolute atomic E-state index is 0.405. The SMILES string of the molecule is CC(C)C/C(=N\OCCOc1ccccc1)c1ccc(-c2ccccn2)cc1. The second-order valence-corrected chi connectivity index (χ2v) is 6.92. The second kappa shape index (κ2) is 10.3. The molecule has 0 N–H and O–H groups in total. The predicted octanol–water partition coefficient (Wildman–Crippen LogP) is 5.59. The van der Waals surface area contributed by atoms with E-state index in [4.69, 9.17) is 9.57 Å². The molecule has 0 aliphatic heterocycles. The lowest BCUT2D eigenvalue weighted by Gasteiger charge is -2.11. The molecule has 4 heteroatoms. The summed E-state index contributed by atoms with van der Waals surface area (Å²) in [6.45, 7) is 5.22. The summed E-state index contributed by atoms with van der Waals surface area (Å²) in [6, 6.07) is 23.9. The predicted molar refractivity (Wildman–Crippen MR) is 114 cm³/mol. The summed E-state index contributed by atoms with van der Waals surface area (Å²) >= 11 is 0. The van der Waals surface area contributed by atoms with Crippen molar-refractivity contribution in [1.82, 2.24) is 4.98 Å². The number of benzene rings is 2. The third kappa shape index (κ3) is 5.95. The van der Waals surface area contributed by atoms with Crippen molar-refractivity contribution < 1.29 is 9.57 Å². The van der Waals surface area contributed by atoms with Gasteiger partial charge in [0, 0.05) is 11.8 Å². The molecule has 144 valence electrons. The standard InChI is InChI=1S/C24H26N2O2/c1-19(2)18-24(26-28-17-16-27-22-8-4-3-5-9-22)21-13-11-20(12-14-21)23-10-6-7-15-25-23/h3-15,19H,16-18H2,1-2H3/b26-24+. The van der Waals surface area contributed by atoms with E-state index in [9.17, 15) is 0 Å². The van der Waals surface area contributed by atoms with Gasteiger partial charge in [-0.05, 0) is 42.2 Å². The Bertz CT molecular complexity index is 860. The Morgan fingerprint density at radius 3 is 2.32 bits per heavy atom. The topological polar surface area (TPSA) is 43.7 Å². The number of hydrogen-bond acceptors (Lipinski definition) is 4.